The molecule has 106 valence electrons. The number of rotatable bonds is 4. The van der Waals surface area contributed by atoms with Crippen molar-refractivity contribution < 1.29 is 23.1 Å². The second-order valence-electron chi connectivity index (χ2n) is 3.92. The molecule has 8 heteroatoms. The number of hydrogen-bond acceptors (Lipinski definition) is 4. The minimum atomic E-state index is -4.30. The fourth-order valence-corrected chi connectivity index (χ4v) is 1.55. The molecule has 0 unspecified atom stereocenters. The molecule has 0 aliphatic rings. The molecule has 0 atom stereocenters. The van der Waals surface area contributed by atoms with Crippen LogP contribution < -0.4 is 10.5 Å². The molecule has 1 rings (SSSR count). The van der Waals surface area contributed by atoms with E-state index in [1.165, 1.54) is 6.07 Å². The predicted octanol–water partition coefficient (Wildman–Crippen LogP) is 2.12. The molecule has 1 aromatic heterocycles. The van der Waals surface area contributed by atoms with Crippen LogP contribution in [0.2, 0.25) is 0 Å². The monoisotopic (exact) mass is 277 g/mol. The van der Waals surface area contributed by atoms with Crippen LogP contribution in [0.25, 0.3) is 0 Å². The van der Waals surface area contributed by atoms with Crippen LogP contribution in [0.4, 0.5) is 13.2 Å². The number of ether oxygens (including phenoxy) is 1. The standard InChI is InChI=1S/C11H14F3N3O2/c1-6-5-8(19-4-3-11(12,13)14)9(7(2)16-6)10(15)17-18/h5,18H,3-4H2,1-2H3,(H2,15,17). The van der Waals surface area contributed by atoms with Gasteiger partial charge in [-0.3, -0.25) is 4.98 Å². The first kappa shape index (κ1) is 15.1. The molecular weight excluding hydrogens is 263 g/mol. The van der Waals surface area contributed by atoms with E-state index in [0.717, 1.165) is 0 Å². The Bertz CT molecular complexity index is 487. The minimum absolute atomic E-state index is 0.115. The normalized spacial score (nSPS) is 12.6. The molecule has 0 fully saturated rings. The van der Waals surface area contributed by atoms with Gasteiger partial charge in [-0.2, -0.15) is 13.2 Å². The van der Waals surface area contributed by atoms with E-state index >= 15 is 0 Å². The Labute approximate surface area is 107 Å². The van der Waals surface area contributed by atoms with E-state index in [4.69, 9.17) is 15.7 Å². The summed E-state index contributed by atoms with van der Waals surface area (Å²) in [6.07, 6.45) is -5.38. The van der Waals surface area contributed by atoms with Crippen molar-refractivity contribution in [2.45, 2.75) is 26.4 Å². The van der Waals surface area contributed by atoms with Gasteiger partial charge in [-0.1, -0.05) is 5.16 Å². The van der Waals surface area contributed by atoms with Gasteiger partial charge in [0.15, 0.2) is 5.84 Å². The van der Waals surface area contributed by atoms with Gasteiger partial charge in [0, 0.05) is 11.8 Å². The van der Waals surface area contributed by atoms with E-state index in [9.17, 15) is 13.2 Å². The second-order valence-corrected chi connectivity index (χ2v) is 3.92. The molecule has 0 aliphatic carbocycles. The first-order chi connectivity index (χ1) is 8.74. The highest BCUT2D eigenvalue weighted by molar-refractivity contribution is 6.00. The van der Waals surface area contributed by atoms with Gasteiger partial charge >= 0.3 is 6.18 Å². The number of nitrogens with zero attached hydrogens (tertiary/aromatic N) is 2. The third-order valence-electron chi connectivity index (χ3n) is 2.30. The topological polar surface area (TPSA) is 80.7 Å². The van der Waals surface area contributed by atoms with E-state index < -0.39 is 19.2 Å². The summed E-state index contributed by atoms with van der Waals surface area (Å²) < 4.78 is 41.3. The van der Waals surface area contributed by atoms with E-state index in [1.807, 2.05) is 0 Å². The van der Waals surface area contributed by atoms with Crippen molar-refractivity contribution in [3.05, 3.63) is 23.0 Å². The van der Waals surface area contributed by atoms with Gasteiger partial charge in [0.05, 0.1) is 24.3 Å². The number of aryl methyl sites for hydroxylation is 2. The van der Waals surface area contributed by atoms with Crippen LogP contribution in [0, 0.1) is 13.8 Å². The molecule has 0 saturated heterocycles. The zero-order valence-electron chi connectivity index (χ0n) is 10.5. The van der Waals surface area contributed by atoms with Crippen LogP contribution in [0.5, 0.6) is 5.75 Å². The van der Waals surface area contributed by atoms with Crippen molar-refractivity contribution in [2.75, 3.05) is 6.61 Å². The Balaban J connectivity index is 2.99. The molecule has 0 amide bonds. The fraction of sp³-hybridized carbons (Fsp3) is 0.455. The van der Waals surface area contributed by atoms with Gasteiger partial charge in [-0.05, 0) is 13.8 Å². The number of oxime groups is 1. The predicted molar refractivity (Wildman–Crippen MR) is 62.4 cm³/mol. The summed E-state index contributed by atoms with van der Waals surface area (Å²) in [4.78, 5) is 4.09. The van der Waals surface area contributed by atoms with Crippen molar-refractivity contribution in [3.8, 4) is 5.75 Å². The van der Waals surface area contributed by atoms with Crippen LogP contribution in [0.1, 0.15) is 23.4 Å². The molecular formula is C11H14F3N3O2. The Morgan fingerprint density at radius 1 is 1.47 bits per heavy atom. The van der Waals surface area contributed by atoms with Crippen LogP contribution in [0.3, 0.4) is 0 Å². The van der Waals surface area contributed by atoms with Crippen molar-refractivity contribution in [1.82, 2.24) is 4.98 Å². The summed E-state index contributed by atoms with van der Waals surface area (Å²) in [5.74, 6) is -0.142. The summed E-state index contributed by atoms with van der Waals surface area (Å²) >= 11 is 0. The maximum Gasteiger partial charge on any atom is 0.392 e. The van der Waals surface area contributed by atoms with Gasteiger partial charge in [-0.15, -0.1) is 0 Å². The first-order valence-electron chi connectivity index (χ1n) is 5.40. The van der Waals surface area contributed by atoms with E-state index in [-0.39, 0.29) is 17.1 Å². The number of aromatic nitrogens is 1. The number of nitrogens with two attached hydrogens (primary N) is 1. The van der Waals surface area contributed by atoms with E-state index in [0.29, 0.717) is 11.4 Å². The molecule has 1 aromatic rings. The maximum absolute atomic E-state index is 12.1. The number of alkyl halides is 3. The second kappa shape index (κ2) is 5.77. The van der Waals surface area contributed by atoms with E-state index in [2.05, 4.69) is 10.1 Å². The molecule has 3 N–H and O–H groups in total. The van der Waals surface area contributed by atoms with Crippen molar-refractivity contribution in [1.29, 1.82) is 0 Å². The fourth-order valence-electron chi connectivity index (χ4n) is 1.55. The summed E-state index contributed by atoms with van der Waals surface area (Å²) in [5.41, 5.74) is 6.63. The summed E-state index contributed by atoms with van der Waals surface area (Å²) in [6.45, 7) is 2.72. The Hall–Kier alpha value is -1.99. The highest BCUT2D eigenvalue weighted by Gasteiger charge is 2.27. The zero-order chi connectivity index (χ0) is 14.6. The maximum atomic E-state index is 12.1. The lowest BCUT2D eigenvalue weighted by Gasteiger charge is -2.14. The average Bonchev–Trinajstić information content (AvgIpc) is 2.25. The van der Waals surface area contributed by atoms with Crippen molar-refractivity contribution >= 4 is 5.84 Å². The zero-order valence-corrected chi connectivity index (χ0v) is 10.5. The number of amidine groups is 1. The molecule has 1 heterocycles. The first-order valence-corrected chi connectivity index (χ1v) is 5.40. The average molecular weight is 277 g/mol. The largest absolute Gasteiger partial charge is 0.492 e. The smallest absolute Gasteiger partial charge is 0.392 e. The number of halogens is 3. The lowest BCUT2D eigenvalue weighted by atomic mass is 10.1. The third kappa shape index (κ3) is 4.31. The quantitative estimate of drug-likeness (QED) is 0.382. The lowest BCUT2D eigenvalue weighted by Crippen LogP contribution is -2.19. The minimum Gasteiger partial charge on any atom is -0.492 e. The summed E-state index contributed by atoms with van der Waals surface area (Å²) in [7, 11) is 0. The summed E-state index contributed by atoms with van der Waals surface area (Å²) in [5, 5.41) is 11.5. The number of hydrogen-bond donors (Lipinski definition) is 2. The molecule has 0 aromatic carbocycles. The van der Waals surface area contributed by atoms with Crippen LogP contribution in [-0.2, 0) is 0 Å². The van der Waals surface area contributed by atoms with Gasteiger partial charge in [0.1, 0.15) is 5.75 Å². The molecule has 0 aliphatic heterocycles. The third-order valence-corrected chi connectivity index (χ3v) is 2.30. The Morgan fingerprint density at radius 2 is 2.11 bits per heavy atom. The van der Waals surface area contributed by atoms with Gasteiger partial charge in [0.2, 0.25) is 0 Å². The van der Waals surface area contributed by atoms with Crippen molar-refractivity contribution in [2.24, 2.45) is 10.9 Å². The molecule has 0 radical (unpaired) electrons. The Morgan fingerprint density at radius 3 is 2.63 bits per heavy atom. The molecule has 19 heavy (non-hydrogen) atoms. The Kier molecular flexibility index (Phi) is 4.57. The highest BCUT2D eigenvalue weighted by Crippen LogP contribution is 2.24. The van der Waals surface area contributed by atoms with Gasteiger partial charge in [-0.25, -0.2) is 0 Å². The van der Waals surface area contributed by atoms with Crippen LogP contribution in [-0.4, -0.2) is 28.8 Å². The highest BCUT2D eigenvalue weighted by atomic mass is 19.4. The molecule has 5 nitrogen and oxygen atoms in total. The van der Waals surface area contributed by atoms with Crippen LogP contribution >= 0.6 is 0 Å². The van der Waals surface area contributed by atoms with Gasteiger partial charge < -0.3 is 15.7 Å². The SMILES string of the molecule is Cc1cc(OCCC(F)(F)F)c(/C(N)=N/O)c(C)n1. The molecule has 0 saturated carbocycles. The van der Waals surface area contributed by atoms with E-state index in [1.54, 1.807) is 13.8 Å². The van der Waals surface area contributed by atoms with Crippen molar-refractivity contribution in [3.63, 3.8) is 0 Å². The number of pyridine rings is 1. The van der Waals surface area contributed by atoms with Gasteiger partial charge in [0.25, 0.3) is 0 Å². The lowest BCUT2D eigenvalue weighted by molar-refractivity contribution is -0.139. The molecule has 0 bridgehead atoms. The van der Waals surface area contributed by atoms with Crippen LogP contribution in [0.15, 0.2) is 11.2 Å². The summed E-state index contributed by atoms with van der Waals surface area (Å²) in [6, 6.07) is 1.44. The molecule has 0 spiro atoms.